The molecule has 7 heteroatoms. The maximum atomic E-state index is 13.0. The molecule has 0 spiro atoms. The van der Waals surface area contributed by atoms with Gasteiger partial charge in [0.05, 0.1) is 7.11 Å². The van der Waals surface area contributed by atoms with Crippen LogP contribution in [0.5, 0.6) is 11.5 Å². The minimum atomic E-state index is -0.676. The molecule has 29 heavy (non-hydrogen) atoms. The van der Waals surface area contributed by atoms with Crippen LogP contribution in [0.4, 0.5) is 0 Å². The van der Waals surface area contributed by atoms with Crippen LogP contribution in [-0.2, 0) is 16.1 Å². The average molecular weight is 419 g/mol. The second-order valence-corrected chi connectivity index (χ2v) is 7.37. The van der Waals surface area contributed by atoms with E-state index in [1.54, 1.807) is 37.3 Å². The molecular formula is C22H27ClN2O4. The molecule has 2 rings (SSSR count). The zero-order valence-corrected chi connectivity index (χ0v) is 17.9. The van der Waals surface area contributed by atoms with Crippen molar-refractivity contribution >= 4 is 23.4 Å². The maximum Gasteiger partial charge on any atom is 0.261 e. The Kier molecular flexibility index (Phi) is 8.34. The second kappa shape index (κ2) is 10.7. The molecule has 0 aliphatic carbocycles. The Morgan fingerprint density at radius 3 is 2.38 bits per heavy atom. The van der Waals surface area contributed by atoms with E-state index >= 15 is 0 Å². The fourth-order valence-electron chi connectivity index (χ4n) is 2.78. The van der Waals surface area contributed by atoms with Gasteiger partial charge in [-0.05, 0) is 50.6 Å². The van der Waals surface area contributed by atoms with Gasteiger partial charge in [-0.1, -0.05) is 35.9 Å². The lowest BCUT2D eigenvalue weighted by molar-refractivity contribution is -0.142. The van der Waals surface area contributed by atoms with Crippen molar-refractivity contribution in [2.24, 2.45) is 0 Å². The van der Waals surface area contributed by atoms with Crippen molar-refractivity contribution in [1.29, 1.82) is 0 Å². The molecule has 0 unspecified atom stereocenters. The molecule has 0 saturated heterocycles. The number of halogens is 1. The SMILES string of the molecule is COc1ccccc1OCC(=O)N(Cc1cccc(Cl)c1)[C@@H](C)C(=O)NC(C)C. The smallest absolute Gasteiger partial charge is 0.261 e. The highest BCUT2D eigenvalue weighted by molar-refractivity contribution is 6.30. The van der Waals surface area contributed by atoms with Gasteiger partial charge in [-0.3, -0.25) is 9.59 Å². The standard InChI is InChI=1S/C22H27ClN2O4/c1-15(2)24-22(27)16(3)25(13-17-8-7-9-18(23)12-17)21(26)14-29-20-11-6-5-10-19(20)28-4/h5-12,15-16H,13-14H2,1-4H3,(H,24,27)/t16-/m0/s1. The molecule has 1 N–H and O–H groups in total. The van der Waals surface area contributed by atoms with Gasteiger partial charge in [0, 0.05) is 17.6 Å². The molecule has 0 saturated carbocycles. The molecule has 0 aromatic heterocycles. The molecule has 0 aliphatic heterocycles. The van der Waals surface area contributed by atoms with E-state index in [0.29, 0.717) is 16.5 Å². The van der Waals surface area contributed by atoms with Crippen molar-refractivity contribution < 1.29 is 19.1 Å². The zero-order chi connectivity index (χ0) is 21.4. The van der Waals surface area contributed by atoms with Gasteiger partial charge < -0.3 is 19.7 Å². The van der Waals surface area contributed by atoms with Crippen LogP contribution in [0.1, 0.15) is 26.3 Å². The Bertz CT molecular complexity index is 841. The van der Waals surface area contributed by atoms with Crippen LogP contribution in [0.3, 0.4) is 0 Å². The van der Waals surface area contributed by atoms with Crippen molar-refractivity contribution in [2.75, 3.05) is 13.7 Å². The molecule has 2 amide bonds. The maximum absolute atomic E-state index is 13.0. The van der Waals surface area contributed by atoms with E-state index in [2.05, 4.69) is 5.32 Å². The molecule has 0 aliphatic rings. The van der Waals surface area contributed by atoms with Crippen LogP contribution in [0, 0.1) is 0 Å². The fraction of sp³-hybridized carbons (Fsp3) is 0.364. The molecule has 1 atom stereocenters. The largest absolute Gasteiger partial charge is 0.493 e. The van der Waals surface area contributed by atoms with Crippen molar-refractivity contribution in [3.8, 4) is 11.5 Å². The van der Waals surface area contributed by atoms with Gasteiger partial charge in [0.15, 0.2) is 18.1 Å². The molecule has 0 radical (unpaired) electrons. The van der Waals surface area contributed by atoms with Gasteiger partial charge in [0.25, 0.3) is 5.91 Å². The van der Waals surface area contributed by atoms with Crippen LogP contribution < -0.4 is 14.8 Å². The van der Waals surface area contributed by atoms with Crippen LogP contribution in [-0.4, -0.2) is 42.5 Å². The van der Waals surface area contributed by atoms with Crippen molar-refractivity contribution in [3.05, 3.63) is 59.1 Å². The van der Waals surface area contributed by atoms with Crippen LogP contribution in [0.2, 0.25) is 5.02 Å². The molecule has 0 heterocycles. The van der Waals surface area contributed by atoms with E-state index < -0.39 is 6.04 Å². The van der Waals surface area contributed by atoms with Crippen LogP contribution in [0.15, 0.2) is 48.5 Å². The molecule has 156 valence electrons. The summed E-state index contributed by atoms with van der Waals surface area (Å²) in [5, 5.41) is 3.42. The van der Waals surface area contributed by atoms with E-state index in [9.17, 15) is 9.59 Å². The monoisotopic (exact) mass is 418 g/mol. The number of methoxy groups -OCH3 is 1. The Labute approximate surface area is 176 Å². The molecule has 0 fully saturated rings. The normalized spacial score (nSPS) is 11.7. The number of nitrogens with one attached hydrogen (secondary N) is 1. The topological polar surface area (TPSA) is 67.9 Å². The number of carbonyl (C=O) groups is 2. The number of nitrogens with zero attached hydrogens (tertiary/aromatic N) is 1. The summed E-state index contributed by atoms with van der Waals surface area (Å²) >= 11 is 6.07. The van der Waals surface area contributed by atoms with Crippen molar-refractivity contribution in [3.63, 3.8) is 0 Å². The van der Waals surface area contributed by atoms with E-state index in [4.69, 9.17) is 21.1 Å². The number of benzene rings is 2. The first kappa shape index (κ1) is 22.6. The lowest BCUT2D eigenvalue weighted by Gasteiger charge is -2.29. The Hall–Kier alpha value is -2.73. The molecular weight excluding hydrogens is 392 g/mol. The van der Waals surface area contributed by atoms with Gasteiger partial charge in [-0.25, -0.2) is 0 Å². The van der Waals surface area contributed by atoms with Crippen molar-refractivity contribution in [2.45, 2.75) is 39.4 Å². The summed E-state index contributed by atoms with van der Waals surface area (Å²) in [7, 11) is 1.54. The van der Waals surface area contributed by atoms with E-state index in [0.717, 1.165) is 5.56 Å². The first-order chi connectivity index (χ1) is 13.8. The number of para-hydroxylation sites is 2. The molecule has 2 aromatic rings. The first-order valence-electron chi connectivity index (χ1n) is 9.42. The quantitative estimate of drug-likeness (QED) is 0.674. The highest BCUT2D eigenvalue weighted by Crippen LogP contribution is 2.26. The highest BCUT2D eigenvalue weighted by atomic mass is 35.5. The third-order valence-electron chi connectivity index (χ3n) is 4.26. The minimum absolute atomic E-state index is 0.0297. The molecule has 0 bridgehead atoms. The number of amides is 2. The van der Waals surface area contributed by atoms with Crippen molar-refractivity contribution in [1.82, 2.24) is 10.2 Å². The fourth-order valence-corrected chi connectivity index (χ4v) is 2.99. The summed E-state index contributed by atoms with van der Waals surface area (Å²) in [5.41, 5.74) is 0.826. The number of ether oxygens (including phenoxy) is 2. The van der Waals surface area contributed by atoms with E-state index in [1.807, 2.05) is 32.0 Å². The van der Waals surface area contributed by atoms with E-state index in [-0.39, 0.29) is 31.0 Å². The average Bonchev–Trinajstić information content (AvgIpc) is 2.69. The number of carbonyl (C=O) groups excluding carboxylic acids is 2. The summed E-state index contributed by atoms with van der Waals surface area (Å²) in [5.74, 6) is 0.451. The summed E-state index contributed by atoms with van der Waals surface area (Å²) in [6.07, 6.45) is 0. The third-order valence-corrected chi connectivity index (χ3v) is 4.50. The zero-order valence-electron chi connectivity index (χ0n) is 17.1. The van der Waals surface area contributed by atoms with Gasteiger partial charge in [0.2, 0.25) is 5.91 Å². The minimum Gasteiger partial charge on any atom is -0.493 e. The number of hydrogen-bond acceptors (Lipinski definition) is 4. The lowest BCUT2D eigenvalue weighted by Crippen LogP contribution is -2.50. The van der Waals surface area contributed by atoms with Crippen LogP contribution in [0.25, 0.3) is 0 Å². The summed E-state index contributed by atoms with van der Waals surface area (Å²) in [6, 6.07) is 13.6. The Morgan fingerprint density at radius 2 is 1.76 bits per heavy atom. The Balaban J connectivity index is 2.18. The first-order valence-corrected chi connectivity index (χ1v) is 9.79. The van der Waals surface area contributed by atoms with Gasteiger partial charge in [-0.15, -0.1) is 0 Å². The molecule has 2 aromatic carbocycles. The Morgan fingerprint density at radius 1 is 1.07 bits per heavy atom. The number of hydrogen-bond donors (Lipinski definition) is 1. The van der Waals surface area contributed by atoms with E-state index in [1.165, 1.54) is 12.0 Å². The predicted molar refractivity (Wildman–Crippen MR) is 113 cm³/mol. The highest BCUT2D eigenvalue weighted by Gasteiger charge is 2.27. The number of rotatable bonds is 9. The second-order valence-electron chi connectivity index (χ2n) is 6.93. The summed E-state index contributed by atoms with van der Waals surface area (Å²) in [6.45, 7) is 5.46. The third kappa shape index (κ3) is 6.68. The summed E-state index contributed by atoms with van der Waals surface area (Å²) < 4.78 is 10.9. The lowest BCUT2D eigenvalue weighted by atomic mass is 10.1. The van der Waals surface area contributed by atoms with Gasteiger partial charge in [0.1, 0.15) is 6.04 Å². The predicted octanol–water partition coefficient (Wildman–Crippen LogP) is 3.67. The molecule has 6 nitrogen and oxygen atoms in total. The van der Waals surface area contributed by atoms with Gasteiger partial charge in [-0.2, -0.15) is 0 Å². The summed E-state index contributed by atoms with van der Waals surface area (Å²) in [4.78, 5) is 27.0. The van der Waals surface area contributed by atoms with Gasteiger partial charge >= 0.3 is 0 Å². The van der Waals surface area contributed by atoms with Crippen LogP contribution >= 0.6 is 11.6 Å².